The first-order chi connectivity index (χ1) is 64.2. The standard InChI is InChI=1S/C18H35NO.C17H33NO.C16H31NO.C15H29NO.C14H27NO.C13H25NO.C12H23NO.C11H21NO/c1-3-4-5-6-7-8-9-10-11-12-13-14-15-16-17-19-18(2)20;1-3-4-5-6-7-8-9-10-11-12-13-14-15-16-18-17(2)19;1-3-4-5-6-7-8-9-10-11-12-13-14-15-17-16(2)18;1-3-4-5-6-7-8-9-10-11-12-13-14-16-15(2)17;1-3-4-5-6-7-8-9-10-11-12-13-15-14(2)16;1-3-4-5-6-7-8-9-10-11-12-14-13(2)15;1-3-4-5-6-7-8-9-10-11-13-12(2)14;1-3-4-5-6-7-8-9-10-12-11(2)13/h15-16H,3-14,17H2,1-2H3,(H,19,20);14-15H,3-13,16H2,1-2H3,(H,18,19);13-14H,3-12,15H2,1-2H3,(H,17,18);12-13H,3-11,14H2,1-2H3,(H,16,17);11-12H,3-10,13H2,1-2H3,(H,15,16);10-11H,3-9,12H2,1-2H3,(H,14,15);9-10H,3-8,11H2,1-2H3,(H,13,14);8-9H,3-7,10H2,1-2H3,(H,12,13)/b16-15+;15-14+;14-13+;13-12+;12-11+;11-10+;10-9+;9-8+. The number of nitrogens with one attached hydrogen (secondary N) is 8. The molecule has 8 N–H and O–H groups in total. The van der Waals surface area contributed by atoms with Crippen LogP contribution in [0, 0.1) is 0 Å². The maximum Gasteiger partial charge on any atom is 0.217 e. The van der Waals surface area contributed by atoms with Gasteiger partial charge in [-0.1, -0.05) is 486 Å². The molecule has 0 aliphatic heterocycles. The summed E-state index contributed by atoms with van der Waals surface area (Å²) in [5.74, 6) is 0.338. The van der Waals surface area contributed by atoms with E-state index in [4.69, 9.17) is 0 Å². The van der Waals surface area contributed by atoms with Gasteiger partial charge in [-0.3, -0.25) is 38.4 Å². The molecule has 0 saturated carbocycles. The number of hydrogen-bond donors (Lipinski definition) is 8. The van der Waals surface area contributed by atoms with Gasteiger partial charge in [0.15, 0.2) is 0 Å². The van der Waals surface area contributed by atoms with Gasteiger partial charge in [0.2, 0.25) is 47.3 Å². The number of rotatable bonds is 84. The van der Waals surface area contributed by atoms with Crippen LogP contribution in [0.4, 0.5) is 0 Å². The van der Waals surface area contributed by atoms with E-state index < -0.39 is 0 Å². The molecule has 0 aromatic carbocycles. The van der Waals surface area contributed by atoms with E-state index in [1.54, 1.807) is 48.5 Å². The Morgan fingerprint density at radius 3 is 0.280 bits per heavy atom. The molecule has 0 aliphatic rings. The first kappa shape index (κ1) is 141. The van der Waals surface area contributed by atoms with Crippen LogP contribution in [0.3, 0.4) is 0 Å². The topological polar surface area (TPSA) is 233 Å². The lowest BCUT2D eigenvalue weighted by Crippen LogP contribution is -2.19. The maximum atomic E-state index is 10.6. The minimum atomic E-state index is 0.0376. The monoisotopic (exact) mass is 1860 g/mol. The van der Waals surface area contributed by atoms with E-state index >= 15 is 0 Å². The molecule has 0 unspecified atom stereocenters. The van der Waals surface area contributed by atoms with E-state index in [0.717, 1.165) is 51.4 Å². The molecule has 0 atom stereocenters. The third-order valence-corrected chi connectivity index (χ3v) is 21.9. The van der Waals surface area contributed by atoms with Crippen LogP contribution in [-0.2, 0) is 38.4 Å². The van der Waals surface area contributed by atoms with E-state index in [2.05, 4.69) is 159 Å². The van der Waals surface area contributed by atoms with Crippen molar-refractivity contribution in [3.8, 4) is 0 Å². The number of hydrogen-bond acceptors (Lipinski definition) is 8. The maximum absolute atomic E-state index is 10.6. The molecule has 16 heteroatoms. The minimum absolute atomic E-state index is 0.0376. The van der Waals surface area contributed by atoms with E-state index in [-0.39, 0.29) is 47.3 Å². The van der Waals surface area contributed by atoms with Crippen molar-refractivity contribution in [2.24, 2.45) is 0 Å². The number of amides is 8. The molecular formula is C116H224N8O8. The van der Waals surface area contributed by atoms with Gasteiger partial charge >= 0.3 is 0 Å². The van der Waals surface area contributed by atoms with Crippen LogP contribution in [0.25, 0.3) is 0 Å². The summed E-state index contributed by atoms with van der Waals surface area (Å²) in [7, 11) is 0. The summed E-state index contributed by atoms with van der Waals surface area (Å²) >= 11 is 0. The molecule has 8 amide bonds. The molecule has 0 rings (SSSR count). The molecule has 0 aromatic rings. The molecule has 0 fully saturated rings. The lowest BCUT2D eigenvalue weighted by Gasteiger charge is -2.01. The first-order valence-corrected chi connectivity index (χ1v) is 55.3. The lowest BCUT2D eigenvalue weighted by molar-refractivity contribution is -0.119. The van der Waals surface area contributed by atoms with Gasteiger partial charge in [0.05, 0.1) is 0 Å². The Morgan fingerprint density at radius 2 is 0.197 bits per heavy atom. The summed E-state index contributed by atoms with van der Waals surface area (Å²) in [6.45, 7) is 35.7. The quantitative estimate of drug-likeness (QED) is 0.0215. The Bertz CT molecular complexity index is 2580. The predicted molar refractivity (Wildman–Crippen MR) is 582 cm³/mol. The number of unbranched alkanes of at least 4 members (excludes halogenated alkanes) is 60. The zero-order valence-corrected chi connectivity index (χ0v) is 90.2. The van der Waals surface area contributed by atoms with Gasteiger partial charge in [-0.25, -0.2) is 0 Å². The van der Waals surface area contributed by atoms with Gasteiger partial charge in [-0.05, 0) is 103 Å². The van der Waals surface area contributed by atoms with Crippen molar-refractivity contribution in [3.05, 3.63) is 97.2 Å². The van der Waals surface area contributed by atoms with Crippen LogP contribution >= 0.6 is 0 Å². The molecule has 0 bridgehead atoms. The zero-order chi connectivity index (χ0) is 99.3. The second kappa shape index (κ2) is 138. The fourth-order valence-corrected chi connectivity index (χ4v) is 13.7. The van der Waals surface area contributed by atoms with E-state index in [1.165, 1.54) is 392 Å². The summed E-state index contributed by atoms with van der Waals surface area (Å²) < 4.78 is 0. The average Bonchev–Trinajstić information content (AvgIpc) is 1.13. The van der Waals surface area contributed by atoms with Crippen LogP contribution in [0.15, 0.2) is 97.2 Å². The molecule has 0 heterocycles. The molecule has 776 valence electrons. The fourth-order valence-electron chi connectivity index (χ4n) is 13.7. The third-order valence-electron chi connectivity index (χ3n) is 21.9. The van der Waals surface area contributed by atoms with Crippen molar-refractivity contribution in [1.29, 1.82) is 0 Å². The number of carbonyl (C=O) groups is 8. The normalized spacial score (nSPS) is 10.9. The Kier molecular flexibility index (Phi) is 147. The lowest BCUT2D eigenvalue weighted by atomic mass is 10.1. The fraction of sp³-hybridized carbons (Fsp3) is 0.793. The van der Waals surface area contributed by atoms with Crippen molar-refractivity contribution in [3.63, 3.8) is 0 Å². The van der Waals surface area contributed by atoms with Gasteiger partial charge in [0, 0.05) is 108 Å². The highest BCUT2D eigenvalue weighted by atomic mass is 16.2. The van der Waals surface area contributed by atoms with Gasteiger partial charge < -0.3 is 42.5 Å². The van der Waals surface area contributed by atoms with E-state index in [1.807, 2.05) is 36.5 Å². The summed E-state index contributed by atoms with van der Waals surface area (Å²) in [4.78, 5) is 84.5. The highest BCUT2D eigenvalue weighted by molar-refractivity contribution is 5.75. The average molecular weight is 1860 g/mol. The van der Waals surface area contributed by atoms with Gasteiger partial charge in [-0.15, -0.1) is 0 Å². The van der Waals surface area contributed by atoms with Crippen LogP contribution in [0.5, 0.6) is 0 Å². The highest BCUT2D eigenvalue weighted by Crippen LogP contribution is 2.17. The molecular weight excluding hydrogens is 1630 g/mol. The highest BCUT2D eigenvalue weighted by Gasteiger charge is 2.00. The van der Waals surface area contributed by atoms with Gasteiger partial charge in [0.1, 0.15) is 0 Å². The summed E-state index contributed by atoms with van der Waals surface area (Å²) in [6.07, 6.45) is 125. The van der Waals surface area contributed by atoms with E-state index in [9.17, 15) is 38.4 Å². The van der Waals surface area contributed by atoms with E-state index in [0.29, 0.717) is 52.4 Å². The molecule has 0 aliphatic carbocycles. The molecule has 0 aromatic heterocycles. The second-order valence-electron chi connectivity index (χ2n) is 36.0. The Labute approximate surface area is 820 Å². The van der Waals surface area contributed by atoms with Gasteiger partial charge in [-0.2, -0.15) is 0 Å². The summed E-state index contributed by atoms with van der Waals surface area (Å²) in [6, 6.07) is 0. The van der Waals surface area contributed by atoms with Crippen molar-refractivity contribution in [2.45, 2.75) is 547 Å². The molecule has 0 saturated heterocycles. The SMILES string of the molecule is CCCCCC/C=C/CNC(C)=O.CCCCCCC/C=C/CNC(C)=O.CCCCCCCC/C=C/CNC(C)=O.CCCCCCCCC/C=C/CNC(C)=O.CCCCCCCCCC/C=C/CNC(C)=O.CCCCCCCCCCC/C=C/CNC(C)=O.CCCCCCCCCCCC/C=C/CNC(C)=O.CCCCCCCCCCCCC/C=C/CNC(C)=O. The largest absolute Gasteiger partial charge is 0.353 e. The summed E-state index contributed by atoms with van der Waals surface area (Å²) in [5, 5.41) is 22.0. The van der Waals surface area contributed by atoms with Crippen molar-refractivity contribution in [2.75, 3.05) is 52.4 Å². The van der Waals surface area contributed by atoms with Crippen LogP contribution in [-0.4, -0.2) is 99.6 Å². The molecule has 0 spiro atoms. The Balaban J connectivity index is -0.000000223. The smallest absolute Gasteiger partial charge is 0.217 e. The molecule has 132 heavy (non-hydrogen) atoms. The molecule has 16 nitrogen and oxygen atoms in total. The third kappa shape index (κ3) is 180. The van der Waals surface area contributed by atoms with Crippen molar-refractivity contribution < 1.29 is 38.4 Å². The predicted octanol–water partition coefficient (Wildman–Crippen LogP) is 32.1. The summed E-state index contributed by atoms with van der Waals surface area (Å²) in [5.41, 5.74) is 0. The van der Waals surface area contributed by atoms with Crippen molar-refractivity contribution >= 4 is 47.3 Å². The minimum Gasteiger partial charge on any atom is -0.353 e. The van der Waals surface area contributed by atoms with Gasteiger partial charge in [0.25, 0.3) is 0 Å². The Hall–Kier alpha value is -6.32. The van der Waals surface area contributed by atoms with Crippen molar-refractivity contribution in [1.82, 2.24) is 42.5 Å². The zero-order valence-electron chi connectivity index (χ0n) is 90.2. The molecule has 0 radical (unpaired) electrons. The van der Waals surface area contributed by atoms with Crippen LogP contribution in [0.2, 0.25) is 0 Å². The van der Waals surface area contributed by atoms with Crippen LogP contribution < -0.4 is 42.5 Å². The van der Waals surface area contributed by atoms with Crippen LogP contribution in [0.1, 0.15) is 547 Å². The number of carbonyl (C=O) groups excluding carboxylic acids is 8. The first-order valence-electron chi connectivity index (χ1n) is 55.3. The number of allylic oxidation sites excluding steroid dienone is 8. The second-order valence-corrected chi connectivity index (χ2v) is 36.0. The Morgan fingerprint density at radius 1 is 0.121 bits per heavy atom.